The maximum Gasteiger partial charge on any atom is 0.404 e. The Morgan fingerprint density at radius 2 is 1.87 bits per heavy atom. The first-order valence-electron chi connectivity index (χ1n) is 5.29. The van der Waals surface area contributed by atoms with Gasteiger partial charge in [0, 0.05) is 12.0 Å². The standard InChI is InChI=1S/C10H18N2O3/c1-6(12-10(14)15)7-2-4-8(5-3-7)9(11)13/h6-8,12H,2-5H2,1H3,(H2,11,13)(H,14,15). The number of amides is 2. The molecule has 5 heteroatoms. The van der Waals surface area contributed by atoms with Crippen LogP contribution in [0.2, 0.25) is 0 Å². The molecule has 0 aromatic carbocycles. The van der Waals surface area contributed by atoms with Crippen molar-refractivity contribution in [1.82, 2.24) is 5.32 Å². The lowest BCUT2D eigenvalue weighted by atomic mass is 9.78. The molecule has 1 aliphatic rings. The van der Waals surface area contributed by atoms with Crippen LogP contribution in [0.1, 0.15) is 32.6 Å². The van der Waals surface area contributed by atoms with Gasteiger partial charge in [-0.25, -0.2) is 4.79 Å². The van der Waals surface area contributed by atoms with Crippen molar-refractivity contribution in [3.8, 4) is 0 Å². The van der Waals surface area contributed by atoms with Gasteiger partial charge in [-0.2, -0.15) is 0 Å². The van der Waals surface area contributed by atoms with Crippen LogP contribution in [-0.4, -0.2) is 23.1 Å². The van der Waals surface area contributed by atoms with E-state index in [1.54, 1.807) is 0 Å². The topological polar surface area (TPSA) is 92.4 Å². The number of nitrogens with two attached hydrogens (primary N) is 1. The van der Waals surface area contributed by atoms with Crippen molar-refractivity contribution >= 4 is 12.0 Å². The summed E-state index contributed by atoms with van der Waals surface area (Å²) in [5, 5.41) is 11.0. The first-order chi connectivity index (χ1) is 7.00. The van der Waals surface area contributed by atoms with Crippen molar-refractivity contribution in [3.63, 3.8) is 0 Å². The molecule has 0 heterocycles. The molecule has 1 unspecified atom stereocenters. The summed E-state index contributed by atoms with van der Waals surface area (Å²) in [5.41, 5.74) is 5.22. The zero-order valence-electron chi connectivity index (χ0n) is 8.90. The van der Waals surface area contributed by atoms with Crippen molar-refractivity contribution in [3.05, 3.63) is 0 Å². The van der Waals surface area contributed by atoms with Gasteiger partial charge < -0.3 is 16.2 Å². The smallest absolute Gasteiger partial charge is 0.404 e. The normalized spacial score (nSPS) is 28.1. The van der Waals surface area contributed by atoms with Gasteiger partial charge in [0.2, 0.25) is 5.91 Å². The van der Waals surface area contributed by atoms with Crippen molar-refractivity contribution in [2.24, 2.45) is 17.6 Å². The van der Waals surface area contributed by atoms with Crippen LogP contribution in [0.5, 0.6) is 0 Å². The van der Waals surface area contributed by atoms with Crippen LogP contribution in [0.4, 0.5) is 4.79 Å². The van der Waals surface area contributed by atoms with Crippen LogP contribution >= 0.6 is 0 Å². The molecular formula is C10H18N2O3. The van der Waals surface area contributed by atoms with E-state index in [9.17, 15) is 9.59 Å². The van der Waals surface area contributed by atoms with Crippen molar-refractivity contribution in [2.45, 2.75) is 38.6 Å². The summed E-state index contributed by atoms with van der Waals surface area (Å²) in [6.45, 7) is 1.86. The molecule has 15 heavy (non-hydrogen) atoms. The van der Waals surface area contributed by atoms with Crippen LogP contribution in [0, 0.1) is 11.8 Å². The Labute approximate surface area is 89.0 Å². The molecule has 0 bridgehead atoms. The molecule has 5 nitrogen and oxygen atoms in total. The zero-order chi connectivity index (χ0) is 11.4. The average Bonchev–Trinajstić information content (AvgIpc) is 2.17. The van der Waals surface area contributed by atoms with Gasteiger partial charge in [-0.1, -0.05) is 0 Å². The highest BCUT2D eigenvalue weighted by Crippen LogP contribution is 2.30. The Hall–Kier alpha value is -1.26. The van der Waals surface area contributed by atoms with Crippen molar-refractivity contribution in [2.75, 3.05) is 0 Å². The lowest BCUT2D eigenvalue weighted by molar-refractivity contribution is -0.123. The molecule has 1 fully saturated rings. The lowest BCUT2D eigenvalue weighted by Gasteiger charge is -2.30. The molecule has 4 N–H and O–H groups in total. The number of carbonyl (C=O) groups excluding carboxylic acids is 1. The molecule has 86 valence electrons. The second-order valence-corrected chi connectivity index (χ2v) is 4.25. The lowest BCUT2D eigenvalue weighted by Crippen LogP contribution is -2.40. The number of nitrogens with one attached hydrogen (secondary N) is 1. The third-order valence-corrected chi connectivity index (χ3v) is 3.23. The van der Waals surface area contributed by atoms with Gasteiger partial charge in [0.25, 0.3) is 0 Å². The third kappa shape index (κ3) is 3.42. The minimum Gasteiger partial charge on any atom is -0.465 e. The van der Waals surface area contributed by atoms with Crippen LogP contribution in [0.25, 0.3) is 0 Å². The third-order valence-electron chi connectivity index (χ3n) is 3.23. The molecule has 1 atom stereocenters. The minimum atomic E-state index is -0.987. The minimum absolute atomic E-state index is 0.0155. The molecule has 0 aliphatic heterocycles. The number of rotatable bonds is 3. The first-order valence-corrected chi connectivity index (χ1v) is 5.29. The number of primary amides is 1. The fraction of sp³-hybridized carbons (Fsp3) is 0.800. The van der Waals surface area contributed by atoms with E-state index in [2.05, 4.69) is 5.32 Å². The monoisotopic (exact) mass is 214 g/mol. The summed E-state index contributed by atoms with van der Waals surface area (Å²) in [7, 11) is 0. The predicted octanol–water partition coefficient (Wildman–Crippen LogP) is 0.934. The van der Waals surface area contributed by atoms with Gasteiger partial charge in [0.15, 0.2) is 0 Å². The average molecular weight is 214 g/mol. The molecule has 1 rings (SSSR count). The van der Waals surface area contributed by atoms with E-state index in [0.29, 0.717) is 5.92 Å². The highest BCUT2D eigenvalue weighted by atomic mass is 16.4. The summed E-state index contributed by atoms with van der Waals surface area (Å²) in [5.74, 6) is 0.0854. The maximum atomic E-state index is 10.9. The number of carboxylic acid groups (broad SMARTS) is 1. The van der Waals surface area contributed by atoms with E-state index in [4.69, 9.17) is 10.8 Å². The number of carbonyl (C=O) groups is 2. The maximum absolute atomic E-state index is 10.9. The second-order valence-electron chi connectivity index (χ2n) is 4.25. The molecule has 0 aromatic heterocycles. The summed E-state index contributed by atoms with van der Waals surface area (Å²) in [6.07, 6.45) is 2.32. The Morgan fingerprint density at radius 3 is 2.27 bits per heavy atom. The highest BCUT2D eigenvalue weighted by molar-refractivity contribution is 5.76. The molecule has 0 saturated heterocycles. The molecule has 1 aliphatic carbocycles. The van der Waals surface area contributed by atoms with Crippen LogP contribution in [0.3, 0.4) is 0 Å². The SMILES string of the molecule is CC(NC(=O)O)C1CCC(C(N)=O)CC1. The van der Waals surface area contributed by atoms with Gasteiger partial charge in [-0.05, 0) is 38.5 Å². The second kappa shape index (κ2) is 5.00. The molecular weight excluding hydrogens is 196 g/mol. The summed E-state index contributed by atoms with van der Waals surface area (Å²) in [4.78, 5) is 21.4. The summed E-state index contributed by atoms with van der Waals surface area (Å²) < 4.78 is 0. The van der Waals surface area contributed by atoms with E-state index < -0.39 is 6.09 Å². The number of hydrogen-bond donors (Lipinski definition) is 3. The Balaban J connectivity index is 2.36. The van der Waals surface area contributed by atoms with Gasteiger partial charge in [0.1, 0.15) is 0 Å². The summed E-state index contributed by atoms with van der Waals surface area (Å²) >= 11 is 0. The Bertz CT molecular complexity index is 247. The van der Waals surface area contributed by atoms with E-state index in [0.717, 1.165) is 25.7 Å². The van der Waals surface area contributed by atoms with Crippen LogP contribution in [-0.2, 0) is 4.79 Å². The quantitative estimate of drug-likeness (QED) is 0.652. The van der Waals surface area contributed by atoms with E-state index in [-0.39, 0.29) is 17.9 Å². The largest absolute Gasteiger partial charge is 0.465 e. The van der Waals surface area contributed by atoms with E-state index >= 15 is 0 Å². The van der Waals surface area contributed by atoms with Crippen molar-refractivity contribution < 1.29 is 14.7 Å². The van der Waals surface area contributed by atoms with Crippen molar-refractivity contribution in [1.29, 1.82) is 0 Å². The molecule has 0 spiro atoms. The zero-order valence-corrected chi connectivity index (χ0v) is 8.90. The molecule has 1 saturated carbocycles. The fourth-order valence-corrected chi connectivity index (χ4v) is 2.22. The molecule has 0 aromatic rings. The van der Waals surface area contributed by atoms with E-state index in [1.165, 1.54) is 0 Å². The Morgan fingerprint density at radius 1 is 1.33 bits per heavy atom. The number of hydrogen-bond acceptors (Lipinski definition) is 2. The van der Waals surface area contributed by atoms with E-state index in [1.807, 2.05) is 6.92 Å². The molecule has 2 amide bonds. The summed E-state index contributed by atoms with van der Waals surface area (Å²) in [6, 6.07) is -0.0451. The fourth-order valence-electron chi connectivity index (χ4n) is 2.22. The van der Waals surface area contributed by atoms with Gasteiger partial charge >= 0.3 is 6.09 Å². The van der Waals surface area contributed by atoms with Gasteiger partial charge in [-0.3, -0.25) is 4.79 Å². The molecule has 0 radical (unpaired) electrons. The highest BCUT2D eigenvalue weighted by Gasteiger charge is 2.28. The van der Waals surface area contributed by atoms with Gasteiger partial charge in [-0.15, -0.1) is 0 Å². The Kier molecular flexibility index (Phi) is 3.94. The van der Waals surface area contributed by atoms with Crippen LogP contribution < -0.4 is 11.1 Å². The van der Waals surface area contributed by atoms with Crippen LogP contribution in [0.15, 0.2) is 0 Å². The van der Waals surface area contributed by atoms with Gasteiger partial charge in [0.05, 0.1) is 0 Å². The first kappa shape index (κ1) is 11.8. The predicted molar refractivity (Wildman–Crippen MR) is 55.3 cm³/mol.